The van der Waals surface area contributed by atoms with Crippen molar-refractivity contribution < 1.29 is 9.32 Å². The van der Waals surface area contributed by atoms with Crippen LogP contribution >= 0.6 is 11.8 Å². The number of hydrogen-bond acceptors (Lipinski definition) is 4. The SMILES string of the molecule is Cc1noc(C(=O)NCC(C)C2CCCC(C)C2)c1Sc1ccccc1. The zero-order valence-electron chi connectivity index (χ0n) is 15.8. The van der Waals surface area contributed by atoms with Crippen molar-refractivity contribution in [1.29, 1.82) is 0 Å². The number of rotatable bonds is 6. The molecule has 1 saturated carbocycles. The Balaban J connectivity index is 1.61. The number of nitrogens with zero attached hydrogens (tertiary/aromatic N) is 1. The molecular weight excluding hydrogens is 344 g/mol. The Labute approximate surface area is 160 Å². The van der Waals surface area contributed by atoms with E-state index >= 15 is 0 Å². The number of amides is 1. The molecule has 1 amide bonds. The lowest BCUT2D eigenvalue weighted by molar-refractivity contribution is 0.0896. The molecule has 1 aliphatic carbocycles. The molecule has 0 bridgehead atoms. The van der Waals surface area contributed by atoms with E-state index in [0.29, 0.717) is 24.1 Å². The second-order valence-electron chi connectivity index (χ2n) is 7.56. The summed E-state index contributed by atoms with van der Waals surface area (Å²) in [7, 11) is 0. The lowest BCUT2D eigenvalue weighted by Crippen LogP contribution is -2.33. The molecule has 0 radical (unpaired) electrons. The summed E-state index contributed by atoms with van der Waals surface area (Å²) in [5.74, 6) is 2.14. The molecule has 1 fully saturated rings. The van der Waals surface area contributed by atoms with Crippen LogP contribution in [0.2, 0.25) is 0 Å². The van der Waals surface area contributed by atoms with Crippen LogP contribution in [0.3, 0.4) is 0 Å². The fraction of sp³-hybridized carbons (Fsp3) is 0.524. The normalized spacial score (nSPS) is 21.3. The third kappa shape index (κ3) is 4.70. The van der Waals surface area contributed by atoms with E-state index in [1.165, 1.54) is 37.4 Å². The predicted molar refractivity (Wildman–Crippen MR) is 104 cm³/mol. The van der Waals surface area contributed by atoms with Crippen LogP contribution in [0.4, 0.5) is 0 Å². The number of hydrogen-bond donors (Lipinski definition) is 1. The summed E-state index contributed by atoms with van der Waals surface area (Å²) in [5.41, 5.74) is 0.748. The van der Waals surface area contributed by atoms with Gasteiger partial charge in [-0.15, -0.1) is 0 Å². The molecule has 4 nitrogen and oxygen atoms in total. The molecule has 3 atom stereocenters. The first-order chi connectivity index (χ1) is 12.5. The first-order valence-corrected chi connectivity index (χ1v) is 10.3. The molecule has 3 rings (SSSR count). The molecular formula is C21H28N2O2S. The monoisotopic (exact) mass is 372 g/mol. The summed E-state index contributed by atoms with van der Waals surface area (Å²) in [5, 5.41) is 7.07. The van der Waals surface area contributed by atoms with Crippen molar-refractivity contribution in [2.45, 2.75) is 56.2 Å². The van der Waals surface area contributed by atoms with Crippen molar-refractivity contribution in [3.05, 3.63) is 41.8 Å². The van der Waals surface area contributed by atoms with Crippen LogP contribution < -0.4 is 5.32 Å². The minimum atomic E-state index is -0.167. The molecule has 26 heavy (non-hydrogen) atoms. The van der Waals surface area contributed by atoms with Gasteiger partial charge in [0.05, 0.1) is 10.6 Å². The number of nitrogens with one attached hydrogen (secondary N) is 1. The van der Waals surface area contributed by atoms with Gasteiger partial charge in [0.2, 0.25) is 5.76 Å². The second-order valence-corrected chi connectivity index (χ2v) is 8.64. The van der Waals surface area contributed by atoms with Crippen molar-refractivity contribution in [3.8, 4) is 0 Å². The Morgan fingerprint density at radius 1 is 1.35 bits per heavy atom. The summed E-state index contributed by atoms with van der Waals surface area (Å²) >= 11 is 1.52. The molecule has 3 unspecified atom stereocenters. The minimum absolute atomic E-state index is 0.167. The maximum Gasteiger partial charge on any atom is 0.291 e. The Bertz CT molecular complexity index is 729. The number of aromatic nitrogens is 1. The van der Waals surface area contributed by atoms with Gasteiger partial charge >= 0.3 is 0 Å². The predicted octanol–water partition coefficient (Wildman–Crippen LogP) is 5.33. The summed E-state index contributed by atoms with van der Waals surface area (Å²) in [6, 6.07) is 9.98. The third-order valence-electron chi connectivity index (χ3n) is 5.34. The largest absolute Gasteiger partial charge is 0.350 e. The fourth-order valence-electron chi connectivity index (χ4n) is 3.73. The van der Waals surface area contributed by atoms with E-state index in [4.69, 9.17) is 4.52 Å². The van der Waals surface area contributed by atoms with Crippen LogP contribution in [-0.4, -0.2) is 17.6 Å². The maximum atomic E-state index is 12.7. The highest BCUT2D eigenvalue weighted by atomic mass is 32.2. The smallest absolute Gasteiger partial charge is 0.291 e. The average Bonchev–Trinajstić information content (AvgIpc) is 3.01. The van der Waals surface area contributed by atoms with Crippen LogP contribution in [0.5, 0.6) is 0 Å². The van der Waals surface area contributed by atoms with E-state index in [1.807, 2.05) is 37.3 Å². The zero-order valence-corrected chi connectivity index (χ0v) is 16.6. The number of benzene rings is 1. The van der Waals surface area contributed by atoms with Gasteiger partial charge in [0.1, 0.15) is 0 Å². The molecule has 5 heteroatoms. The van der Waals surface area contributed by atoms with Crippen molar-refractivity contribution in [2.75, 3.05) is 6.54 Å². The molecule has 0 aliphatic heterocycles. The van der Waals surface area contributed by atoms with Crippen LogP contribution in [-0.2, 0) is 0 Å². The Hall–Kier alpha value is -1.75. The molecule has 1 aromatic carbocycles. The topological polar surface area (TPSA) is 55.1 Å². The Morgan fingerprint density at radius 2 is 2.12 bits per heavy atom. The fourth-order valence-corrected chi connectivity index (χ4v) is 4.67. The van der Waals surface area contributed by atoms with Gasteiger partial charge in [0.15, 0.2) is 0 Å². The van der Waals surface area contributed by atoms with E-state index < -0.39 is 0 Å². The number of carbonyl (C=O) groups is 1. The van der Waals surface area contributed by atoms with Gasteiger partial charge in [-0.1, -0.05) is 68.2 Å². The highest BCUT2D eigenvalue weighted by Gasteiger charge is 2.26. The lowest BCUT2D eigenvalue weighted by atomic mass is 9.76. The highest BCUT2D eigenvalue weighted by Crippen LogP contribution is 2.34. The number of carbonyl (C=O) groups excluding carboxylic acids is 1. The van der Waals surface area contributed by atoms with Crippen LogP contribution in [0, 0.1) is 24.7 Å². The molecule has 0 saturated heterocycles. The summed E-state index contributed by atoms with van der Waals surface area (Å²) in [4.78, 5) is 14.5. The van der Waals surface area contributed by atoms with Gasteiger partial charge in [-0.2, -0.15) is 0 Å². The molecule has 140 valence electrons. The first-order valence-electron chi connectivity index (χ1n) is 9.52. The van der Waals surface area contributed by atoms with Gasteiger partial charge < -0.3 is 9.84 Å². The van der Waals surface area contributed by atoms with Crippen molar-refractivity contribution in [3.63, 3.8) is 0 Å². The lowest BCUT2D eigenvalue weighted by Gasteiger charge is -2.31. The molecule has 1 aromatic heterocycles. The van der Waals surface area contributed by atoms with Crippen molar-refractivity contribution >= 4 is 17.7 Å². The summed E-state index contributed by atoms with van der Waals surface area (Å²) in [6.07, 6.45) is 5.20. The standard InChI is InChI=1S/C21H28N2O2S/c1-14-8-7-9-17(12-14)15(2)13-22-21(24)19-20(16(3)23-25-19)26-18-10-5-4-6-11-18/h4-6,10-11,14-15,17H,7-9,12-13H2,1-3H3,(H,22,24). The quantitative estimate of drug-likeness (QED) is 0.745. The average molecular weight is 373 g/mol. The van der Waals surface area contributed by atoms with Crippen LogP contribution in [0.25, 0.3) is 0 Å². The molecule has 2 aromatic rings. The third-order valence-corrected chi connectivity index (χ3v) is 6.54. The van der Waals surface area contributed by atoms with Crippen LogP contribution in [0.1, 0.15) is 55.8 Å². The molecule has 1 N–H and O–H groups in total. The molecule has 0 spiro atoms. The van der Waals surface area contributed by atoms with E-state index in [1.54, 1.807) is 0 Å². The van der Waals surface area contributed by atoms with E-state index in [2.05, 4.69) is 24.3 Å². The van der Waals surface area contributed by atoms with Gasteiger partial charge in [-0.3, -0.25) is 4.79 Å². The minimum Gasteiger partial charge on any atom is -0.350 e. The Kier molecular flexibility index (Phi) is 6.41. The van der Waals surface area contributed by atoms with Gasteiger partial charge in [-0.05, 0) is 43.2 Å². The van der Waals surface area contributed by atoms with E-state index in [-0.39, 0.29) is 5.91 Å². The zero-order chi connectivity index (χ0) is 18.5. The van der Waals surface area contributed by atoms with Crippen molar-refractivity contribution in [2.24, 2.45) is 17.8 Å². The van der Waals surface area contributed by atoms with E-state index in [0.717, 1.165) is 21.4 Å². The second kappa shape index (κ2) is 8.76. The van der Waals surface area contributed by atoms with Gasteiger partial charge in [0, 0.05) is 11.4 Å². The summed E-state index contributed by atoms with van der Waals surface area (Å²) < 4.78 is 5.34. The maximum absolute atomic E-state index is 12.7. The number of aryl methyl sites for hydroxylation is 1. The highest BCUT2D eigenvalue weighted by molar-refractivity contribution is 7.99. The van der Waals surface area contributed by atoms with Gasteiger partial charge in [-0.25, -0.2) is 0 Å². The first kappa shape index (κ1) is 19.0. The van der Waals surface area contributed by atoms with Crippen molar-refractivity contribution in [1.82, 2.24) is 10.5 Å². The van der Waals surface area contributed by atoms with E-state index in [9.17, 15) is 4.79 Å². The summed E-state index contributed by atoms with van der Waals surface area (Å²) in [6.45, 7) is 7.14. The van der Waals surface area contributed by atoms with Gasteiger partial charge in [0.25, 0.3) is 5.91 Å². The Morgan fingerprint density at radius 3 is 2.85 bits per heavy atom. The molecule has 1 aliphatic rings. The van der Waals surface area contributed by atoms with Crippen LogP contribution in [0.15, 0.2) is 44.6 Å². The molecule has 1 heterocycles.